The fourth-order valence-corrected chi connectivity index (χ4v) is 6.06. The number of rotatable bonds is 5. The molecule has 2 amide bonds. The molecule has 0 atom stereocenters. The Balaban J connectivity index is 1.42. The van der Waals surface area contributed by atoms with E-state index in [2.05, 4.69) is 5.32 Å². The van der Waals surface area contributed by atoms with Gasteiger partial charge in [-0.15, -0.1) is 11.3 Å². The first-order valence-corrected chi connectivity index (χ1v) is 12.5. The average Bonchev–Trinajstić information content (AvgIpc) is 3.30. The lowest BCUT2D eigenvalue weighted by molar-refractivity contribution is -0.126. The van der Waals surface area contributed by atoms with E-state index in [0.29, 0.717) is 44.0 Å². The molecule has 0 spiro atoms. The molecule has 166 valence electrons. The Morgan fingerprint density at radius 3 is 2.65 bits per heavy atom. The summed E-state index contributed by atoms with van der Waals surface area (Å²) in [7, 11) is -3.73. The van der Waals surface area contributed by atoms with Gasteiger partial charge in [0.1, 0.15) is 12.4 Å². The third kappa shape index (κ3) is 4.60. The molecule has 2 aromatic rings. The van der Waals surface area contributed by atoms with Crippen LogP contribution in [-0.2, 0) is 26.2 Å². The van der Waals surface area contributed by atoms with Gasteiger partial charge in [-0.1, -0.05) is 6.07 Å². The minimum atomic E-state index is -3.73. The summed E-state index contributed by atoms with van der Waals surface area (Å²) in [4.78, 5) is 27.1. The Morgan fingerprint density at radius 1 is 1.19 bits per heavy atom. The molecular formula is C21H25N3O5S2. The highest BCUT2D eigenvalue weighted by atomic mass is 32.2. The summed E-state index contributed by atoms with van der Waals surface area (Å²) in [6.07, 6.45) is 0.951. The first kappa shape index (κ1) is 21.8. The predicted molar refractivity (Wildman–Crippen MR) is 118 cm³/mol. The van der Waals surface area contributed by atoms with Crippen LogP contribution in [0.1, 0.15) is 24.6 Å². The van der Waals surface area contributed by atoms with Crippen molar-refractivity contribution in [3.05, 3.63) is 40.6 Å². The molecule has 10 heteroatoms. The molecule has 2 aliphatic heterocycles. The molecule has 0 bridgehead atoms. The zero-order valence-corrected chi connectivity index (χ0v) is 18.9. The van der Waals surface area contributed by atoms with Crippen molar-refractivity contribution in [1.82, 2.24) is 9.62 Å². The normalized spacial score (nSPS) is 17.6. The highest BCUT2D eigenvalue weighted by molar-refractivity contribution is 7.89. The van der Waals surface area contributed by atoms with Gasteiger partial charge in [0.15, 0.2) is 0 Å². The fourth-order valence-electron chi connectivity index (χ4n) is 3.92. The van der Waals surface area contributed by atoms with Gasteiger partial charge in [-0.05, 0) is 42.5 Å². The van der Waals surface area contributed by atoms with Crippen LogP contribution in [0.15, 0.2) is 40.6 Å². The number of sulfonamides is 1. The fraction of sp³-hybridized carbons (Fsp3) is 0.429. The monoisotopic (exact) mass is 463 g/mol. The predicted octanol–water partition coefficient (Wildman–Crippen LogP) is 2.21. The molecule has 0 aliphatic carbocycles. The highest BCUT2D eigenvalue weighted by Crippen LogP contribution is 2.35. The molecule has 1 aromatic carbocycles. The van der Waals surface area contributed by atoms with Crippen LogP contribution in [-0.4, -0.2) is 50.8 Å². The number of carbonyl (C=O) groups is 2. The Kier molecular flexibility index (Phi) is 6.31. The Morgan fingerprint density at radius 2 is 1.97 bits per heavy atom. The van der Waals surface area contributed by atoms with Gasteiger partial charge in [0, 0.05) is 30.8 Å². The van der Waals surface area contributed by atoms with Gasteiger partial charge in [0.2, 0.25) is 21.8 Å². The lowest BCUT2D eigenvalue weighted by atomic mass is 9.97. The summed E-state index contributed by atoms with van der Waals surface area (Å²) in [5, 5.41) is 4.91. The summed E-state index contributed by atoms with van der Waals surface area (Å²) in [6.45, 7) is 3.27. The van der Waals surface area contributed by atoms with Crippen LogP contribution in [0.2, 0.25) is 0 Å². The molecule has 0 unspecified atom stereocenters. The SMILES string of the molecule is CC(=O)N1CCOc2ccc(S(=O)(=O)N3CCC(C(=O)NCc4cccs4)CC3)cc21. The van der Waals surface area contributed by atoms with Crippen molar-refractivity contribution in [2.45, 2.75) is 31.2 Å². The molecule has 0 radical (unpaired) electrons. The van der Waals surface area contributed by atoms with Gasteiger partial charge in [0.05, 0.1) is 23.7 Å². The standard InChI is InChI=1S/C21H25N3O5S2/c1-15(25)24-10-11-29-20-5-4-18(13-19(20)24)31(27,28)23-8-6-16(7-9-23)21(26)22-14-17-3-2-12-30-17/h2-5,12-13,16H,6-11,14H2,1H3,(H,22,26). The van der Waals surface area contributed by atoms with Gasteiger partial charge >= 0.3 is 0 Å². The van der Waals surface area contributed by atoms with E-state index in [1.807, 2.05) is 17.5 Å². The number of benzene rings is 1. The van der Waals surface area contributed by atoms with E-state index >= 15 is 0 Å². The first-order chi connectivity index (χ1) is 14.9. The molecule has 8 nitrogen and oxygen atoms in total. The van der Waals surface area contributed by atoms with Crippen LogP contribution >= 0.6 is 11.3 Å². The number of hydrogen-bond donors (Lipinski definition) is 1. The van der Waals surface area contributed by atoms with Crippen molar-refractivity contribution in [3.63, 3.8) is 0 Å². The number of fused-ring (bicyclic) bond motifs is 1. The number of hydrogen-bond acceptors (Lipinski definition) is 6. The third-order valence-corrected chi connectivity index (χ3v) is 8.42. The zero-order valence-electron chi connectivity index (χ0n) is 17.2. The summed E-state index contributed by atoms with van der Waals surface area (Å²) in [5.41, 5.74) is 0.475. The first-order valence-electron chi connectivity index (χ1n) is 10.2. The molecule has 31 heavy (non-hydrogen) atoms. The molecule has 1 saturated heterocycles. The number of nitrogens with zero attached hydrogens (tertiary/aromatic N) is 2. The van der Waals surface area contributed by atoms with Gasteiger partial charge in [-0.25, -0.2) is 8.42 Å². The molecule has 4 rings (SSSR count). The molecule has 1 aromatic heterocycles. The zero-order chi connectivity index (χ0) is 22.0. The number of anilines is 1. The molecule has 2 aliphatic rings. The number of ether oxygens (including phenoxy) is 1. The van der Waals surface area contributed by atoms with Crippen LogP contribution in [0.25, 0.3) is 0 Å². The number of thiophene rings is 1. The van der Waals surface area contributed by atoms with Gasteiger partial charge in [0.25, 0.3) is 0 Å². The van der Waals surface area contributed by atoms with Crippen molar-refractivity contribution in [2.24, 2.45) is 5.92 Å². The maximum atomic E-state index is 13.2. The van der Waals surface area contributed by atoms with Crippen LogP contribution in [0.3, 0.4) is 0 Å². The number of carbonyl (C=O) groups excluding carboxylic acids is 2. The lowest BCUT2D eigenvalue weighted by Crippen LogP contribution is -2.43. The van der Waals surface area contributed by atoms with E-state index in [9.17, 15) is 18.0 Å². The van der Waals surface area contributed by atoms with Crippen molar-refractivity contribution in [2.75, 3.05) is 31.1 Å². The quantitative estimate of drug-likeness (QED) is 0.734. The minimum absolute atomic E-state index is 0.0338. The number of amides is 2. The van der Waals surface area contributed by atoms with Gasteiger partial charge < -0.3 is 15.0 Å². The Bertz CT molecular complexity index is 1060. The Hall–Kier alpha value is -2.43. The summed E-state index contributed by atoms with van der Waals surface area (Å²) < 4.78 is 33.4. The van der Waals surface area contributed by atoms with E-state index in [1.165, 1.54) is 28.3 Å². The second-order valence-corrected chi connectivity index (χ2v) is 10.6. The summed E-state index contributed by atoms with van der Waals surface area (Å²) in [5.74, 6) is 0.111. The van der Waals surface area contributed by atoms with E-state index in [0.717, 1.165) is 4.88 Å². The number of piperidine rings is 1. The van der Waals surface area contributed by atoms with Gasteiger partial charge in [-0.3, -0.25) is 9.59 Å². The van der Waals surface area contributed by atoms with Crippen molar-refractivity contribution < 1.29 is 22.7 Å². The molecule has 1 N–H and O–H groups in total. The molecular weight excluding hydrogens is 438 g/mol. The van der Waals surface area contributed by atoms with E-state index < -0.39 is 10.0 Å². The van der Waals surface area contributed by atoms with Crippen molar-refractivity contribution in [3.8, 4) is 5.75 Å². The van der Waals surface area contributed by atoms with E-state index in [4.69, 9.17) is 4.74 Å². The summed E-state index contributed by atoms with van der Waals surface area (Å²) in [6, 6.07) is 8.53. The third-order valence-electron chi connectivity index (χ3n) is 5.65. The van der Waals surface area contributed by atoms with E-state index in [1.54, 1.807) is 17.4 Å². The maximum absolute atomic E-state index is 13.2. The maximum Gasteiger partial charge on any atom is 0.243 e. The topological polar surface area (TPSA) is 96.0 Å². The van der Waals surface area contributed by atoms with Crippen LogP contribution in [0.5, 0.6) is 5.75 Å². The number of nitrogens with one attached hydrogen (secondary N) is 1. The second kappa shape index (κ2) is 8.97. The van der Waals surface area contributed by atoms with Crippen LogP contribution < -0.4 is 15.0 Å². The van der Waals surface area contributed by atoms with E-state index in [-0.39, 0.29) is 35.7 Å². The average molecular weight is 464 g/mol. The van der Waals surface area contributed by atoms with Gasteiger partial charge in [-0.2, -0.15) is 4.31 Å². The van der Waals surface area contributed by atoms with Crippen LogP contribution in [0, 0.1) is 5.92 Å². The summed E-state index contributed by atoms with van der Waals surface area (Å²) >= 11 is 1.59. The molecule has 3 heterocycles. The second-order valence-electron chi connectivity index (χ2n) is 7.62. The lowest BCUT2D eigenvalue weighted by Gasteiger charge is -2.32. The smallest absolute Gasteiger partial charge is 0.243 e. The van der Waals surface area contributed by atoms with Crippen molar-refractivity contribution in [1.29, 1.82) is 0 Å². The Labute approximate surface area is 185 Å². The van der Waals surface area contributed by atoms with Crippen molar-refractivity contribution >= 4 is 38.9 Å². The largest absolute Gasteiger partial charge is 0.490 e. The minimum Gasteiger partial charge on any atom is -0.490 e. The molecule has 0 saturated carbocycles. The van der Waals surface area contributed by atoms with Crippen LogP contribution in [0.4, 0.5) is 5.69 Å². The highest BCUT2D eigenvalue weighted by Gasteiger charge is 2.33. The molecule has 1 fully saturated rings.